The second-order valence-corrected chi connectivity index (χ2v) is 6.06. The minimum Gasteiger partial charge on any atom is -0.494 e. The molecule has 0 spiro atoms. The van der Waals surface area contributed by atoms with Gasteiger partial charge in [-0.15, -0.1) is 11.3 Å². The predicted octanol–water partition coefficient (Wildman–Crippen LogP) is 3.84. The first-order valence-corrected chi connectivity index (χ1v) is 8.09. The average molecular weight is 327 g/mol. The second kappa shape index (κ2) is 6.26. The quantitative estimate of drug-likeness (QED) is 0.763. The largest absolute Gasteiger partial charge is 0.494 e. The molecule has 23 heavy (non-hydrogen) atoms. The lowest BCUT2D eigenvalue weighted by Gasteiger charge is -2.06. The molecule has 0 bridgehead atoms. The van der Waals surface area contributed by atoms with Crippen molar-refractivity contribution in [1.82, 2.24) is 4.98 Å². The maximum Gasteiger partial charge on any atom is 0.267 e. The Labute approximate surface area is 138 Å². The number of nitrogens with zero attached hydrogens (tertiary/aromatic N) is 1. The number of nitrogens with two attached hydrogens (primary N) is 1. The minimum atomic E-state index is -0.228. The molecule has 0 aliphatic carbocycles. The number of benzene rings is 1. The number of anilines is 2. The van der Waals surface area contributed by atoms with Gasteiger partial charge in [-0.2, -0.15) is 0 Å². The van der Waals surface area contributed by atoms with E-state index in [9.17, 15) is 4.79 Å². The number of nitrogens with one attached hydrogen (secondary N) is 1. The summed E-state index contributed by atoms with van der Waals surface area (Å²) in [4.78, 5) is 18.0. The van der Waals surface area contributed by atoms with Gasteiger partial charge >= 0.3 is 0 Å². The molecule has 6 heteroatoms. The molecule has 118 valence electrons. The lowest BCUT2D eigenvalue weighted by Crippen LogP contribution is -2.11. The monoisotopic (exact) mass is 327 g/mol. The van der Waals surface area contributed by atoms with Crippen LogP contribution in [-0.2, 0) is 0 Å². The molecule has 2 aromatic heterocycles. The Morgan fingerprint density at radius 1 is 1.30 bits per heavy atom. The molecule has 3 aromatic rings. The molecule has 0 atom stereocenters. The first kappa shape index (κ1) is 15.3. The summed E-state index contributed by atoms with van der Waals surface area (Å²) in [5.74, 6) is 0.542. The van der Waals surface area contributed by atoms with Crippen LogP contribution in [0.3, 0.4) is 0 Å². The van der Waals surface area contributed by atoms with Gasteiger partial charge in [0.15, 0.2) is 0 Å². The van der Waals surface area contributed by atoms with Crippen LogP contribution >= 0.6 is 11.3 Å². The highest BCUT2D eigenvalue weighted by Gasteiger charge is 2.18. The van der Waals surface area contributed by atoms with Gasteiger partial charge in [0.1, 0.15) is 15.5 Å². The fourth-order valence-corrected chi connectivity index (χ4v) is 3.40. The Morgan fingerprint density at radius 2 is 2.04 bits per heavy atom. The zero-order valence-corrected chi connectivity index (χ0v) is 13.7. The Balaban J connectivity index is 1.86. The van der Waals surface area contributed by atoms with Gasteiger partial charge in [0.25, 0.3) is 5.91 Å². The number of aryl methyl sites for hydroxylation is 1. The number of ether oxygens (including phenoxy) is 1. The average Bonchev–Trinajstić information content (AvgIpc) is 2.88. The molecule has 1 aromatic carbocycles. The van der Waals surface area contributed by atoms with Crippen molar-refractivity contribution in [2.75, 3.05) is 17.7 Å². The van der Waals surface area contributed by atoms with E-state index in [-0.39, 0.29) is 5.91 Å². The highest BCUT2D eigenvalue weighted by molar-refractivity contribution is 7.21. The van der Waals surface area contributed by atoms with Crippen molar-refractivity contribution in [3.8, 4) is 5.75 Å². The number of carbonyl (C=O) groups is 1. The predicted molar refractivity (Wildman–Crippen MR) is 94.3 cm³/mol. The summed E-state index contributed by atoms with van der Waals surface area (Å²) in [6.07, 6.45) is 1.72. The van der Waals surface area contributed by atoms with Gasteiger partial charge in [-0.05, 0) is 49.7 Å². The van der Waals surface area contributed by atoms with Crippen LogP contribution in [0.15, 0.2) is 36.5 Å². The zero-order chi connectivity index (χ0) is 16.4. The summed E-state index contributed by atoms with van der Waals surface area (Å²) >= 11 is 1.30. The minimum absolute atomic E-state index is 0.228. The third-order valence-corrected chi connectivity index (χ3v) is 4.58. The highest BCUT2D eigenvalue weighted by atomic mass is 32.1. The van der Waals surface area contributed by atoms with Crippen LogP contribution in [0.25, 0.3) is 10.2 Å². The van der Waals surface area contributed by atoms with Crippen LogP contribution in [0.1, 0.15) is 22.2 Å². The Bertz CT molecular complexity index is 856. The van der Waals surface area contributed by atoms with E-state index in [1.165, 1.54) is 11.3 Å². The molecule has 3 N–H and O–H groups in total. The number of hydrogen-bond donors (Lipinski definition) is 2. The Kier molecular flexibility index (Phi) is 4.16. The molecule has 0 fully saturated rings. The van der Waals surface area contributed by atoms with Crippen molar-refractivity contribution < 1.29 is 9.53 Å². The fraction of sp³-hybridized carbons (Fsp3) is 0.176. The summed E-state index contributed by atoms with van der Waals surface area (Å²) in [5.41, 5.74) is 8.34. The van der Waals surface area contributed by atoms with Crippen LogP contribution in [0, 0.1) is 6.92 Å². The number of nitrogen functional groups attached to an aromatic ring is 1. The normalized spacial score (nSPS) is 10.7. The molecule has 0 radical (unpaired) electrons. The third-order valence-electron chi connectivity index (χ3n) is 3.47. The maximum atomic E-state index is 12.5. The van der Waals surface area contributed by atoms with E-state index in [0.717, 1.165) is 21.5 Å². The first-order chi connectivity index (χ1) is 11.1. The van der Waals surface area contributed by atoms with E-state index in [0.29, 0.717) is 22.9 Å². The molecule has 2 heterocycles. The summed E-state index contributed by atoms with van der Waals surface area (Å²) in [6.45, 7) is 4.49. The number of pyridine rings is 1. The van der Waals surface area contributed by atoms with Crippen LogP contribution < -0.4 is 15.8 Å². The highest BCUT2D eigenvalue weighted by Crippen LogP contribution is 2.34. The number of aromatic nitrogens is 1. The van der Waals surface area contributed by atoms with E-state index in [4.69, 9.17) is 10.5 Å². The lowest BCUT2D eigenvalue weighted by molar-refractivity contribution is 0.103. The van der Waals surface area contributed by atoms with E-state index in [2.05, 4.69) is 10.3 Å². The Hall–Kier alpha value is -2.60. The molecular weight excluding hydrogens is 310 g/mol. The Morgan fingerprint density at radius 3 is 2.70 bits per heavy atom. The van der Waals surface area contributed by atoms with E-state index < -0.39 is 0 Å². The van der Waals surface area contributed by atoms with Gasteiger partial charge in [0.05, 0.1) is 12.3 Å². The van der Waals surface area contributed by atoms with E-state index >= 15 is 0 Å². The van der Waals surface area contributed by atoms with Crippen molar-refractivity contribution >= 4 is 38.8 Å². The SMILES string of the molecule is CCOc1ccc(NC(=O)c2sc3nccc(C)c3c2N)cc1. The van der Waals surface area contributed by atoms with Crippen LogP contribution in [-0.4, -0.2) is 17.5 Å². The van der Waals surface area contributed by atoms with Gasteiger partial charge < -0.3 is 15.8 Å². The fourth-order valence-electron chi connectivity index (χ4n) is 2.36. The number of thiophene rings is 1. The van der Waals surface area contributed by atoms with E-state index in [1.807, 2.05) is 32.0 Å². The van der Waals surface area contributed by atoms with Gasteiger partial charge in [-0.1, -0.05) is 0 Å². The van der Waals surface area contributed by atoms with Crippen LogP contribution in [0.5, 0.6) is 5.75 Å². The molecule has 0 saturated carbocycles. The van der Waals surface area contributed by atoms with Crippen molar-refractivity contribution in [3.63, 3.8) is 0 Å². The van der Waals surface area contributed by atoms with Gasteiger partial charge in [-0.25, -0.2) is 4.98 Å². The first-order valence-electron chi connectivity index (χ1n) is 7.28. The molecule has 5 nitrogen and oxygen atoms in total. The lowest BCUT2D eigenvalue weighted by atomic mass is 10.1. The van der Waals surface area contributed by atoms with Crippen LogP contribution in [0.4, 0.5) is 11.4 Å². The van der Waals surface area contributed by atoms with Crippen LogP contribution in [0.2, 0.25) is 0 Å². The molecule has 3 rings (SSSR count). The van der Waals surface area contributed by atoms with Crippen molar-refractivity contribution in [2.45, 2.75) is 13.8 Å². The maximum absolute atomic E-state index is 12.5. The second-order valence-electron chi connectivity index (χ2n) is 5.06. The summed E-state index contributed by atoms with van der Waals surface area (Å²) in [7, 11) is 0. The third kappa shape index (κ3) is 2.98. The molecule has 0 unspecified atom stereocenters. The summed E-state index contributed by atoms with van der Waals surface area (Å²) < 4.78 is 5.38. The number of rotatable bonds is 4. The van der Waals surface area contributed by atoms with Gasteiger partial charge in [0, 0.05) is 17.3 Å². The number of carbonyl (C=O) groups excluding carboxylic acids is 1. The number of fused-ring (bicyclic) bond motifs is 1. The zero-order valence-electron chi connectivity index (χ0n) is 12.9. The summed E-state index contributed by atoms with van der Waals surface area (Å²) in [6, 6.07) is 9.13. The van der Waals surface area contributed by atoms with Gasteiger partial charge in [-0.3, -0.25) is 4.79 Å². The topological polar surface area (TPSA) is 77.2 Å². The van der Waals surface area contributed by atoms with Crippen molar-refractivity contribution in [3.05, 3.63) is 47.0 Å². The van der Waals surface area contributed by atoms with Crippen molar-refractivity contribution in [1.29, 1.82) is 0 Å². The standard InChI is InChI=1S/C17H17N3O2S/c1-3-22-12-6-4-11(5-7-12)20-16(21)15-14(18)13-10(2)8-9-19-17(13)23-15/h4-9H,3,18H2,1-2H3,(H,20,21). The summed E-state index contributed by atoms with van der Waals surface area (Å²) in [5, 5.41) is 3.71. The number of amides is 1. The number of hydrogen-bond acceptors (Lipinski definition) is 5. The van der Waals surface area contributed by atoms with Gasteiger partial charge in [0.2, 0.25) is 0 Å². The smallest absolute Gasteiger partial charge is 0.267 e. The molecule has 0 aliphatic heterocycles. The molecule has 1 amide bonds. The molecular formula is C17H17N3O2S. The molecule has 0 saturated heterocycles. The van der Waals surface area contributed by atoms with E-state index in [1.54, 1.807) is 18.3 Å². The molecule has 0 aliphatic rings. The van der Waals surface area contributed by atoms with Crippen molar-refractivity contribution in [2.24, 2.45) is 0 Å².